The van der Waals surface area contributed by atoms with Crippen LogP contribution < -0.4 is 0 Å². The van der Waals surface area contributed by atoms with E-state index in [0.717, 1.165) is 23.6 Å². The number of hydroxylamine groups is 2. The molecule has 0 unspecified atom stereocenters. The Morgan fingerprint density at radius 1 is 1.14 bits per heavy atom. The maximum atomic E-state index is 12.0. The SMILES string of the molecule is CCCCON(OCc1ccccc1)C(=O)OC(C)(C)C. The second kappa shape index (κ2) is 8.64. The van der Waals surface area contributed by atoms with Crippen molar-refractivity contribution in [1.82, 2.24) is 5.23 Å². The molecule has 0 heterocycles. The van der Waals surface area contributed by atoms with Gasteiger partial charge in [0, 0.05) is 0 Å². The van der Waals surface area contributed by atoms with Crippen molar-refractivity contribution in [2.24, 2.45) is 0 Å². The molecule has 0 spiro atoms. The molecule has 1 rings (SSSR count). The monoisotopic (exact) mass is 295 g/mol. The van der Waals surface area contributed by atoms with E-state index in [-0.39, 0.29) is 6.61 Å². The van der Waals surface area contributed by atoms with Crippen molar-refractivity contribution < 1.29 is 19.2 Å². The van der Waals surface area contributed by atoms with Crippen LogP contribution in [-0.4, -0.2) is 23.5 Å². The minimum absolute atomic E-state index is 0.242. The van der Waals surface area contributed by atoms with Gasteiger partial charge in [0.15, 0.2) is 0 Å². The standard InChI is InChI=1S/C16H25NO4/c1-5-6-12-19-17(15(18)21-16(2,3)4)20-13-14-10-8-7-9-11-14/h7-11H,5-6,12-13H2,1-4H3. The fourth-order valence-corrected chi connectivity index (χ4v) is 1.44. The zero-order valence-corrected chi connectivity index (χ0v) is 13.3. The van der Waals surface area contributed by atoms with Gasteiger partial charge in [-0.1, -0.05) is 43.7 Å². The first kappa shape index (κ1) is 17.5. The summed E-state index contributed by atoms with van der Waals surface area (Å²) in [6.45, 7) is 8.09. The zero-order valence-electron chi connectivity index (χ0n) is 13.3. The van der Waals surface area contributed by atoms with Gasteiger partial charge in [0.2, 0.25) is 0 Å². The van der Waals surface area contributed by atoms with Crippen LogP contribution in [0.2, 0.25) is 0 Å². The Hall–Kier alpha value is -1.59. The second-order valence-corrected chi connectivity index (χ2v) is 5.68. The molecule has 0 saturated carbocycles. The molecule has 0 radical (unpaired) electrons. The van der Waals surface area contributed by atoms with E-state index in [9.17, 15) is 4.79 Å². The van der Waals surface area contributed by atoms with Gasteiger partial charge in [0.25, 0.3) is 0 Å². The third-order valence-electron chi connectivity index (χ3n) is 2.44. The number of nitrogens with zero attached hydrogens (tertiary/aromatic N) is 1. The molecule has 118 valence electrons. The maximum Gasteiger partial charge on any atom is 0.460 e. The Labute approximate surface area is 126 Å². The quantitative estimate of drug-likeness (QED) is 0.561. The van der Waals surface area contributed by atoms with Crippen LogP contribution in [0.3, 0.4) is 0 Å². The normalized spacial score (nSPS) is 11.2. The first-order chi connectivity index (χ1) is 9.92. The smallest absolute Gasteiger partial charge is 0.441 e. The average molecular weight is 295 g/mol. The minimum atomic E-state index is -0.644. The number of carbonyl (C=O) groups excluding carboxylic acids is 1. The number of carbonyl (C=O) groups is 1. The topological polar surface area (TPSA) is 48.0 Å². The fraction of sp³-hybridized carbons (Fsp3) is 0.562. The van der Waals surface area contributed by atoms with Crippen LogP contribution in [0.15, 0.2) is 30.3 Å². The van der Waals surface area contributed by atoms with Gasteiger partial charge in [0.1, 0.15) is 12.2 Å². The highest BCUT2D eigenvalue weighted by atomic mass is 17.0. The van der Waals surface area contributed by atoms with Crippen molar-refractivity contribution in [3.8, 4) is 0 Å². The predicted molar refractivity (Wildman–Crippen MR) is 80.2 cm³/mol. The molecule has 0 N–H and O–H groups in total. The molecule has 0 atom stereocenters. The van der Waals surface area contributed by atoms with Gasteiger partial charge in [-0.05, 0) is 38.0 Å². The Kier molecular flexibility index (Phi) is 7.19. The van der Waals surface area contributed by atoms with Crippen LogP contribution in [0.5, 0.6) is 0 Å². The number of amides is 1. The lowest BCUT2D eigenvalue weighted by atomic mass is 10.2. The average Bonchev–Trinajstić information content (AvgIpc) is 2.41. The molecule has 5 heteroatoms. The van der Waals surface area contributed by atoms with Crippen LogP contribution in [0.4, 0.5) is 4.79 Å². The molecule has 1 amide bonds. The van der Waals surface area contributed by atoms with Crippen molar-refractivity contribution >= 4 is 6.09 Å². The van der Waals surface area contributed by atoms with Crippen LogP contribution >= 0.6 is 0 Å². The Morgan fingerprint density at radius 3 is 2.38 bits per heavy atom. The molecule has 0 aliphatic carbocycles. The van der Waals surface area contributed by atoms with Gasteiger partial charge >= 0.3 is 6.09 Å². The molecule has 5 nitrogen and oxygen atoms in total. The molecule has 0 saturated heterocycles. The van der Waals surface area contributed by atoms with Crippen molar-refractivity contribution in [2.75, 3.05) is 6.61 Å². The van der Waals surface area contributed by atoms with Crippen molar-refractivity contribution in [2.45, 2.75) is 52.7 Å². The van der Waals surface area contributed by atoms with Gasteiger partial charge < -0.3 is 4.74 Å². The van der Waals surface area contributed by atoms with Gasteiger partial charge in [-0.3, -0.25) is 0 Å². The lowest BCUT2D eigenvalue weighted by molar-refractivity contribution is -0.345. The molecule has 1 aromatic carbocycles. The van der Waals surface area contributed by atoms with Crippen molar-refractivity contribution in [1.29, 1.82) is 0 Å². The van der Waals surface area contributed by atoms with Crippen LogP contribution in [0.25, 0.3) is 0 Å². The summed E-state index contributed by atoms with van der Waals surface area (Å²) < 4.78 is 5.26. The van der Waals surface area contributed by atoms with Crippen LogP contribution in [-0.2, 0) is 21.0 Å². The van der Waals surface area contributed by atoms with Crippen molar-refractivity contribution in [3.05, 3.63) is 35.9 Å². The van der Waals surface area contributed by atoms with E-state index >= 15 is 0 Å². The maximum absolute atomic E-state index is 12.0. The van der Waals surface area contributed by atoms with Crippen LogP contribution in [0.1, 0.15) is 46.1 Å². The van der Waals surface area contributed by atoms with Gasteiger partial charge in [-0.15, -0.1) is 0 Å². The molecular weight excluding hydrogens is 270 g/mol. The number of benzene rings is 1. The number of unbranched alkanes of at least 4 members (excludes halogenated alkanes) is 1. The number of ether oxygens (including phenoxy) is 1. The molecule has 0 fully saturated rings. The highest BCUT2D eigenvalue weighted by Gasteiger charge is 2.24. The first-order valence-corrected chi connectivity index (χ1v) is 7.25. The minimum Gasteiger partial charge on any atom is -0.441 e. The van der Waals surface area contributed by atoms with Gasteiger partial charge in [0.05, 0.1) is 6.61 Å². The van der Waals surface area contributed by atoms with E-state index in [1.165, 1.54) is 0 Å². The number of hydrogen-bond acceptors (Lipinski definition) is 4. The number of hydrogen-bond donors (Lipinski definition) is 0. The van der Waals surface area contributed by atoms with E-state index in [2.05, 4.69) is 0 Å². The highest BCUT2D eigenvalue weighted by Crippen LogP contribution is 2.12. The largest absolute Gasteiger partial charge is 0.460 e. The van der Waals surface area contributed by atoms with Gasteiger partial charge in [-0.2, -0.15) is 0 Å². The molecular formula is C16H25NO4. The molecule has 0 aliphatic rings. The molecule has 1 aromatic rings. The summed E-state index contributed by atoms with van der Waals surface area (Å²) in [5.41, 5.74) is 0.352. The summed E-state index contributed by atoms with van der Waals surface area (Å²) in [6.07, 6.45) is 1.17. The molecule has 0 bridgehead atoms. The molecule has 0 aromatic heterocycles. The third-order valence-corrected chi connectivity index (χ3v) is 2.44. The van der Waals surface area contributed by atoms with E-state index < -0.39 is 11.7 Å². The summed E-state index contributed by atoms with van der Waals surface area (Å²) in [7, 11) is 0. The summed E-state index contributed by atoms with van der Waals surface area (Å²) in [4.78, 5) is 22.8. The summed E-state index contributed by atoms with van der Waals surface area (Å²) >= 11 is 0. The third kappa shape index (κ3) is 7.68. The number of rotatable bonds is 7. The summed E-state index contributed by atoms with van der Waals surface area (Å²) in [5.74, 6) is 0. The Morgan fingerprint density at radius 2 is 1.81 bits per heavy atom. The summed E-state index contributed by atoms with van der Waals surface area (Å²) in [5, 5.41) is 0.841. The van der Waals surface area contributed by atoms with E-state index in [0.29, 0.717) is 6.61 Å². The van der Waals surface area contributed by atoms with E-state index in [4.69, 9.17) is 14.4 Å². The van der Waals surface area contributed by atoms with Gasteiger partial charge in [-0.25, -0.2) is 14.5 Å². The fourth-order valence-electron chi connectivity index (χ4n) is 1.44. The first-order valence-electron chi connectivity index (χ1n) is 7.25. The Balaban J connectivity index is 2.56. The van der Waals surface area contributed by atoms with E-state index in [1.807, 2.05) is 37.3 Å². The second-order valence-electron chi connectivity index (χ2n) is 5.68. The van der Waals surface area contributed by atoms with E-state index in [1.54, 1.807) is 20.8 Å². The lowest BCUT2D eigenvalue weighted by Gasteiger charge is -2.25. The summed E-state index contributed by atoms with van der Waals surface area (Å²) in [6, 6.07) is 9.58. The molecule has 0 aliphatic heterocycles. The lowest BCUT2D eigenvalue weighted by Crippen LogP contribution is -2.37. The predicted octanol–water partition coefficient (Wildman–Crippen LogP) is 4.09. The highest BCUT2D eigenvalue weighted by molar-refractivity contribution is 5.65. The van der Waals surface area contributed by atoms with Crippen LogP contribution in [0, 0.1) is 0 Å². The zero-order chi connectivity index (χ0) is 15.7. The Bertz CT molecular complexity index is 414. The van der Waals surface area contributed by atoms with Crippen molar-refractivity contribution in [3.63, 3.8) is 0 Å². The molecule has 21 heavy (non-hydrogen) atoms.